The lowest BCUT2D eigenvalue weighted by molar-refractivity contribution is -0.138. The molecule has 2 aromatic carbocycles. The van der Waals surface area contributed by atoms with Crippen molar-refractivity contribution >= 4 is 17.5 Å². The van der Waals surface area contributed by atoms with Crippen molar-refractivity contribution in [2.75, 3.05) is 45.3 Å². The monoisotopic (exact) mass is 439 g/mol. The fourth-order valence-corrected chi connectivity index (χ4v) is 3.65. The summed E-state index contributed by atoms with van der Waals surface area (Å²) in [6.45, 7) is 6.78. The fraction of sp³-hybridized carbons (Fsp3) is 0.440. The minimum atomic E-state index is -0.571. The molecule has 1 saturated heterocycles. The molecule has 1 fully saturated rings. The van der Waals surface area contributed by atoms with E-state index in [0.717, 1.165) is 11.3 Å². The first kappa shape index (κ1) is 23.6. The fourth-order valence-electron chi connectivity index (χ4n) is 3.65. The van der Waals surface area contributed by atoms with E-state index in [4.69, 9.17) is 9.47 Å². The van der Waals surface area contributed by atoms with E-state index >= 15 is 0 Å². The number of carbonyl (C=O) groups is 2. The predicted octanol–water partition coefficient (Wildman–Crippen LogP) is 2.95. The first-order chi connectivity index (χ1) is 15.5. The molecule has 1 heterocycles. The van der Waals surface area contributed by atoms with Crippen molar-refractivity contribution in [3.63, 3.8) is 0 Å². The summed E-state index contributed by atoms with van der Waals surface area (Å²) < 4.78 is 10.6. The van der Waals surface area contributed by atoms with E-state index in [0.29, 0.717) is 38.6 Å². The highest BCUT2D eigenvalue weighted by atomic mass is 16.5. The van der Waals surface area contributed by atoms with Gasteiger partial charge in [-0.05, 0) is 43.7 Å². The third kappa shape index (κ3) is 6.72. The van der Waals surface area contributed by atoms with Gasteiger partial charge in [0.25, 0.3) is 0 Å². The van der Waals surface area contributed by atoms with Crippen LogP contribution < -0.4 is 15.4 Å². The Hall–Kier alpha value is -3.06. The Balaban J connectivity index is 1.65. The van der Waals surface area contributed by atoms with Gasteiger partial charge in [-0.3, -0.25) is 9.59 Å². The predicted molar refractivity (Wildman–Crippen MR) is 125 cm³/mol. The van der Waals surface area contributed by atoms with E-state index in [2.05, 4.69) is 10.6 Å². The van der Waals surface area contributed by atoms with Gasteiger partial charge in [-0.15, -0.1) is 0 Å². The average molecular weight is 440 g/mol. The second kappa shape index (κ2) is 11.5. The number of amides is 2. The Morgan fingerprint density at radius 3 is 2.34 bits per heavy atom. The van der Waals surface area contributed by atoms with Crippen molar-refractivity contribution in [2.24, 2.45) is 0 Å². The van der Waals surface area contributed by atoms with Gasteiger partial charge in [0.2, 0.25) is 11.8 Å². The number of ether oxygens (including phenoxy) is 2. The van der Waals surface area contributed by atoms with Gasteiger partial charge in [-0.2, -0.15) is 0 Å². The summed E-state index contributed by atoms with van der Waals surface area (Å²) in [4.78, 5) is 27.9. The number of morpholine rings is 1. The normalized spacial score (nSPS) is 15.5. The SMILES string of the molecule is COc1ccc([C@H](CC(=O)N2CCOCC2)C(=O)N[C@@H](C)CNc2ccc(C)cc2)cc1. The van der Waals surface area contributed by atoms with Crippen LogP contribution in [0.25, 0.3) is 0 Å². The second-order valence-corrected chi connectivity index (χ2v) is 8.18. The minimum absolute atomic E-state index is 0.0327. The quantitative estimate of drug-likeness (QED) is 0.628. The zero-order valence-electron chi connectivity index (χ0n) is 19.1. The number of nitrogens with one attached hydrogen (secondary N) is 2. The molecule has 32 heavy (non-hydrogen) atoms. The third-order valence-electron chi connectivity index (χ3n) is 5.63. The van der Waals surface area contributed by atoms with Gasteiger partial charge >= 0.3 is 0 Å². The summed E-state index contributed by atoms with van der Waals surface area (Å²) >= 11 is 0. The van der Waals surface area contributed by atoms with Crippen molar-refractivity contribution in [3.8, 4) is 5.75 Å². The van der Waals surface area contributed by atoms with Crippen molar-refractivity contribution in [2.45, 2.75) is 32.2 Å². The van der Waals surface area contributed by atoms with Crippen LogP contribution in [0.5, 0.6) is 5.75 Å². The smallest absolute Gasteiger partial charge is 0.228 e. The number of methoxy groups -OCH3 is 1. The largest absolute Gasteiger partial charge is 0.497 e. The van der Waals surface area contributed by atoms with Crippen LogP contribution in [-0.2, 0) is 14.3 Å². The number of rotatable bonds is 9. The molecule has 1 aliphatic heterocycles. The maximum absolute atomic E-state index is 13.2. The number of nitrogens with zero attached hydrogens (tertiary/aromatic N) is 1. The molecule has 172 valence electrons. The van der Waals surface area contributed by atoms with Gasteiger partial charge in [0.05, 0.1) is 26.2 Å². The molecule has 0 unspecified atom stereocenters. The molecule has 0 bridgehead atoms. The lowest BCUT2D eigenvalue weighted by Crippen LogP contribution is -2.44. The highest BCUT2D eigenvalue weighted by molar-refractivity contribution is 5.90. The number of aryl methyl sites for hydroxylation is 1. The Morgan fingerprint density at radius 2 is 1.72 bits per heavy atom. The summed E-state index contributed by atoms with van der Waals surface area (Å²) in [6, 6.07) is 15.4. The summed E-state index contributed by atoms with van der Waals surface area (Å²) in [5.41, 5.74) is 3.00. The van der Waals surface area contributed by atoms with Gasteiger partial charge in [0.1, 0.15) is 5.75 Å². The summed E-state index contributed by atoms with van der Waals surface area (Å²) in [6.07, 6.45) is 0.121. The second-order valence-electron chi connectivity index (χ2n) is 8.18. The van der Waals surface area contributed by atoms with Crippen molar-refractivity contribution in [1.82, 2.24) is 10.2 Å². The van der Waals surface area contributed by atoms with Crippen LogP contribution in [0.1, 0.15) is 30.4 Å². The number of anilines is 1. The molecule has 7 nitrogen and oxygen atoms in total. The van der Waals surface area contributed by atoms with Gasteiger partial charge in [0.15, 0.2) is 0 Å². The zero-order valence-corrected chi connectivity index (χ0v) is 19.1. The first-order valence-corrected chi connectivity index (χ1v) is 11.1. The molecule has 0 spiro atoms. The average Bonchev–Trinajstić information content (AvgIpc) is 2.82. The van der Waals surface area contributed by atoms with Gasteiger partial charge in [-0.1, -0.05) is 29.8 Å². The van der Waals surface area contributed by atoms with Crippen LogP contribution in [0.15, 0.2) is 48.5 Å². The van der Waals surface area contributed by atoms with Crippen LogP contribution in [0.2, 0.25) is 0 Å². The third-order valence-corrected chi connectivity index (χ3v) is 5.63. The van der Waals surface area contributed by atoms with Crippen molar-refractivity contribution in [3.05, 3.63) is 59.7 Å². The van der Waals surface area contributed by atoms with Gasteiger partial charge in [0, 0.05) is 37.8 Å². The Labute approximate surface area is 190 Å². The summed E-state index contributed by atoms with van der Waals surface area (Å²) in [5.74, 6) is -0.0501. The Kier molecular flexibility index (Phi) is 8.50. The molecule has 1 aliphatic rings. The molecule has 0 aromatic heterocycles. The topological polar surface area (TPSA) is 79.9 Å². The van der Waals surface area contributed by atoms with E-state index in [-0.39, 0.29) is 24.3 Å². The van der Waals surface area contributed by atoms with E-state index in [1.807, 2.05) is 62.4 Å². The van der Waals surface area contributed by atoms with Gasteiger partial charge < -0.3 is 25.0 Å². The van der Waals surface area contributed by atoms with Crippen LogP contribution in [0.4, 0.5) is 5.69 Å². The highest BCUT2D eigenvalue weighted by Crippen LogP contribution is 2.24. The van der Waals surface area contributed by atoms with E-state index < -0.39 is 5.92 Å². The van der Waals surface area contributed by atoms with E-state index in [1.54, 1.807) is 12.0 Å². The van der Waals surface area contributed by atoms with Gasteiger partial charge in [-0.25, -0.2) is 0 Å². The molecular weight excluding hydrogens is 406 g/mol. The number of hydrogen-bond acceptors (Lipinski definition) is 5. The number of benzene rings is 2. The number of carbonyl (C=O) groups excluding carboxylic acids is 2. The highest BCUT2D eigenvalue weighted by Gasteiger charge is 2.28. The molecule has 7 heteroatoms. The molecule has 2 N–H and O–H groups in total. The zero-order chi connectivity index (χ0) is 22.9. The van der Waals surface area contributed by atoms with E-state index in [1.165, 1.54) is 5.56 Å². The van der Waals surface area contributed by atoms with Crippen LogP contribution >= 0.6 is 0 Å². The molecule has 0 aliphatic carbocycles. The molecule has 0 radical (unpaired) electrons. The summed E-state index contributed by atoms with van der Waals surface area (Å²) in [5, 5.41) is 6.41. The standard InChI is InChI=1S/C25H33N3O4/c1-18-4-8-21(9-5-18)26-17-19(2)27-25(30)23(20-6-10-22(31-3)11-7-20)16-24(29)28-12-14-32-15-13-28/h4-11,19,23,26H,12-17H2,1-3H3,(H,27,30)/t19-,23-/m0/s1. The van der Waals surface area contributed by atoms with Crippen LogP contribution in [-0.4, -0.2) is 62.7 Å². The summed E-state index contributed by atoms with van der Waals surface area (Å²) in [7, 11) is 1.60. The first-order valence-electron chi connectivity index (χ1n) is 11.1. The molecule has 0 saturated carbocycles. The lowest BCUT2D eigenvalue weighted by Gasteiger charge is -2.29. The maximum atomic E-state index is 13.2. The van der Waals surface area contributed by atoms with Crippen molar-refractivity contribution < 1.29 is 19.1 Å². The Bertz CT molecular complexity index is 877. The maximum Gasteiger partial charge on any atom is 0.228 e. The van der Waals surface area contributed by atoms with Crippen LogP contribution in [0, 0.1) is 6.92 Å². The van der Waals surface area contributed by atoms with E-state index in [9.17, 15) is 9.59 Å². The van der Waals surface area contributed by atoms with Crippen LogP contribution in [0.3, 0.4) is 0 Å². The molecule has 2 atom stereocenters. The molecule has 3 rings (SSSR count). The minimum Gasteiger partial charge on any atom is -0.497 e. The van der Waals surface area contributed by atoms with Crippen molar-refractivity contribution in [1.29, 1.82) is 0 Å². The molecule has 2 aromatic rings. The molecular formula is C25H33N3O4. The lowest BCUT2D eigenvalue weighted by atomic mass is 9.93. The molecule has 2 amide bonds. The number of hydrogen-bond donors (Lipinski definition) is 2. The Morgan fingerprint density at radius 1 is 1.06 bits per heavy atom.